The largest absolute Gasteiger partial charge is 0.440 e. The number of benzene rings is 2. The Bertz CT molecular complexity index is 975. The van der Waals surface area contributed by atoms with Gasteiger partial charge in [0.1, 0.15) is 11.1 Å². The van der Waals surface area contributed by atoms with Crippen LogP contribution < -0.4 is 16.5 Å². The lowest BCUT2D eigenvalue weighted by Crippen LogP contribution is -2.29. The summed E-state index contributed by atoms with van der Waals surface area (Å²) < 4.78 is 5.50. The van der Waals surface area contributed by atoms with E-state index in [1.54, 1.807) is 12.1 Å². The Balaban J connectivity index is 1.97. The van der Waals surface area contributed by atoms with Crippen molar-refractivity contribution in [2.45, 2.75) is 26.3 Å². The van der Waals surface area contributed by atoms with Gasteiger partial charge in [-0.15, -0.1) is 0 Å². The Morgan fingerprint density at radius 2 is 1.88 bits per heavy atom. The fourth-order valence-electron chi connectivity index (χ4n) is 2.67. The van der Waals surface area contributed by atoms with Crippen LogP contribution in [0.15, 0.2) is 57.7 Å². The number of fused-ring (bicyclic) bond motifs is 1. The maximum absolute atomic E-state index is 12.8. The molecule has 3 rings (SSSR count). The molecule has 0 atom stereocenters. The summed E-state index contributed by atoms with van der Waals surface area (Å²) in [6, 6.07) is 14.8. The summed E-state index contributed by atoms with van der Waals surface area (Å²) in [6.07, 6.45) is 0. The van der Waals surface area contributed by atoms with E-state index in [1.165, 1.54) is 0 Å². The van der Waals surface area contributed by atoms with Crippen molar-refractivity contribution >= 4 is 22.8 Å². The maximum atomic E-state index is 12.8. The Morgan fingerprint density at radius 1 is 1.16 bits per heavy atom. The highest BCUT2D eigenvalue weighted by Crippen LogP contribution is 2.22. The van der Waals surface area contributed by atoms with E-state index < -0.39 is 11.3 Å². The zero-order chi connectivity index (χ0) is 18.0. The molecule has 2 aromatic carbocycles. The number of rotatable bonds is 4. The van der Waals surface area contributed by atoms with Crippen LogP contribution in [-0.4, -0.2) is 5.91 Å². The second-order valence-corrected chi connectivity index (χ2v) is 6.25. The molecule has 3 N–H and O–H groups in total. The number of carbonyl (C=O) groups is 1. The van der Waals surface area contributed by atoms with Crippen LogP contribution in [0.4, 0.5) is 5.88 Å². The van der Waals surface area contributed by atoms with Crippen molar-refractivity contribution in [2.24, 2.45) is 0 Å². The summed E-state index contributed by atoms with van der Waals surface area (Å²) in [5.74, 6) is -0.441. The van der Waals surface area contributed by atoms with Gasteiger partial charge in [0.2, 0.25) is 11.3 Å². The van der Waals surface area contributed by atoms with Gasteiger partial charge in [-0.25, -0.2) is 0 Å². The van der Waals surface area contributed by atoms with Gasteiger partial charge in [0.15, 0.2) is 0 Å². The third kappa shape index (κ3) is 3.40. The van der Waals surface area contributed by atoms with E-state index in [0.717, 1.165) is 11.1 Å². The number of nitrogens with two attached hydrogens (primary N) is 1. The van der Waals surface area contributed by atoms with E-state index in [1.807, 2.05) is 50.2 Å². The Labute approximate surface area is 145 Å². The summed E-state index contributed by atoms with van der Waals surface area (Å²) in [5.41, 5.74) is 7.58. The topological polar surface area (TPSA) is 85.3 Å². The fourth-order valence-corrected chi connectivity index (χ4v) is 2.67. The SMILES string of the molecule is CC(C)c1ccc2oc(N)c(C(=O)NCc3ccccc3)c(=O)c2c1. The van der Waals surface area contributed by atoms with E-state index in [2.05, 4.69) is 5.32 Å². The third-order valence-corrected chi connectivity index (χ3v) is 4.13. The first-order valence-electron chi connectivity index (χ1n) is 8.15. The Morgan fingerprint density at radius 3 is 2.56 bits per heavy atom. The minimum Gasteiger partial charge on any atom is -0.440 e. The molecule has 25 heavy (non-hydrogen) atoms. The number of nitrogens with one attached hydrogen (secondary N) is 1. The van der Waals surface area contributed by atoms with Crippen LogP contribution in [0.25, 0.3) is 11.0 Å². The van der Waals surface area contributed by atoms with Crippen LogP contribution in [0.3, 0.4) is 0 Å². The number of hydrogen-bond donors (Lipinski definition) is 2. The predicted octanol–water partition coefficient (Wildman–Crippen LogP) is 3.43. The number of anilines is 1. The number of nitrogen functional groups attached to an aromatic ring is 1. The first-order chi connectivity index (χ1) is 12.0. The zero-order valence-electron chi connectivity index (χ0n) is 14.2. The summed E-state index contributed by atoms with van der Waals surface area (Å²) in [7, 11) is 0. The number of amides is 1. The van der Waals surface area contributed by atoms with Crippen LogP contribution in [0.5, 0.6) is 0 Å². The van der Waals surface area contributed by atoms with Gasteiger partial charge in [-0.1, -0.05) is 50.2 Å². The molecule has 0 saturated carbocycles. The number of hydrogen-bond acceptors (Lipinski definition) is 4. The average Bonchev–Trinajstić information content (AvgIpc) is 2.60. The van der Waals surface area contributed by atoms with E-state index >= 15 is 0 Å². The molecular weight excluding hydrogens is 316 g/mol. The molecule has 5 heteroatoms. The first-order valence-corrected chi connectivity index (χ1v) is 8.15. The molecule has 0 aliphatic carbocycles. The normalized spacial score (nSPS) is 11.0. The van der Waals surface area contributed by atoms with Crippen molar-refractivity contribution in [1.29, 1.82) is 0 Å². The van der Waals surface area contributed by atoms with E-state index in [-0.39, 0.29) is 17.4 Å². The van der Waals surface area contributed by atoms with E-state index in [9.17, 15) is 9.59 Å². The van der Waals surface area contributed by atoms with Gasteiger partial charge >= 0.3 is 0 Å². The molecule has 1 amide bonds. The van der Waals surface area contributed by atoms with Crippen molar-refractivity contribution in [1.82, 2.24) is 5.32 Å². The highest BCUT2D eigenvalue weighted by Gasteiger charge is 2.19. The first kappa shape index (κ1) is 16.8. The number of carbonyl (C=O) groups excluding carboxylic acids is 1. The lowest BCUT2D eigenvalue weighted by Gasteiger charge is -2.10. The minimum atomic E-state index is -0.535. The van der Waals surface area contributed by atoms with Crippen molar-refractivity contribution in [3.05, 3.63) is 75.4 Å². The molecular formula is C20H20N2O3. The molecule has 1 aromatic heterocycles. The van der Waals surface area contributed by atoms with E-state index in [4.69, 9.17) is 10.2 Å². The van der Waals surface area contributed by atoms with Crippen LogP contribution in [0.1, 0.15) is 41.3 Å². The van der Waals surface area contributed by atoms with Crippen molar-refractivity contribution in [3.8, 4) is 0 Å². The van der Waals surface area contributed by atoms with Crippen LogP contribution in [0, 0.1) is 0 Å². The Kier molecular flexibility index (Phi) is 4.57. The monoisotopic (exact) mass is 336 g/mol. The molecule has 0 radical (unpaired) electrons. The minimum absolute atomic E-state index is 0.149. The van der Waals surface area contributed by atoms with Crippen molar-refractivity contribution in [2.75, 3.05) is 5.73 Å². The Hall–Kier alpha value is -3.08. The van der Waals surface area contributed by atoms with Gasteiger partial charge in [0.25, 0.3) is 5.91 Å². The van der Waals surface area contributed by atoms with Crippen molar-refractivity contribution in [3.63, 3.8) is 0 Å². The average molecular weight is 336 g/mol. The highest BCUT2D eigenvalue weighted by molar-refractivity contribution is 6.00. The summed E-state index contributed by atoms with van der Waals surface area (Å²) >= 11 is 0. The molecule has 0 saturated heterocycles. The van der Waals surface area contributed by atoms with Gasteiger partial charge < -0.3 is 15.5 Å². The lowest BCUT2D eigenvalue weighted by molar-refractivity contribution is 0.0949. The summed E-state index contributed by atoms with van der Waals surface area (Å²) in [4.78, 5) is 25.2. The van der Waals surface area contributed by atoms with Crippen LogP contribution >= 0.6 is 0 Å². The van der Waals surface area contributed by atoms with Gasteiger partial charge in [0.05, 0.1) is 5.39 Å². The molecule has 0 unspecified atom stereocenters. The summed E-state index contributed by atoms with van der Waals surface area (Å²) in [6.45, 7) is 4.38. The highest BCUT2D eigenvalue weighted by atomic mass is 16.3. The molecule has 128 valence electrons. The zero-order valence-corrected chi connectivity index (χ0v) is 14.2. The molecule has 0 spiro atoms. The molecule has 0 bridgehead atoms. The smallest absolute Gasteiger partial charge is 0.261 e. The van der Waals surface area contributed by atoms with E-state index in [0.29, 0.717) is 17.5 Å². The molecule has 0 aliphatic heterocycles. The molecule has 5 nitrogen and oxygen atoms in total. The second-order valence-electron chi connectivity index (χ2n) is 6.25. The van der Waals surface area contributed by atoms with Gasteiger partial charge in [-0.05, 0) is 29.2 Å². The third-order valence-electron chi connectivity index (χ3n) is 4.13. The lowest BCUT2D eigenvalue weighted by atomic mass is 10.0. The quantitative estimate of drug-likeness (QED) is 0.764. The molecule has 3 aromatic rings. The second kappa shape index (κ2) is 6.81. The summed E-state index contributed by atoms with van der Waals surface area (Å²) in [5, 5.41) is 3.09. The van der Waals surface area contributed by atoms with Gasteiger partial charge in [-0.2, -0.15) is 0 Å². The van der Waals surface area contributed by atoms with Crippen LogP contribution in [0.2, 0.25) is 0 Å². The fraction of sp³-hybridized carbons (Fsp3) is 0.200. The molecule has 0 fully saturated rings. The standard InChI is InChI=1S/C20H20N2O3/c1-12(2)14-8-9-16-15(10-14)18(23)17(19(21)25-16)20(24)22-11-13-6-4-3-5-7-13/h3-10,12H,11,21H2,1-2H3,(H,22,24). The molecule has 0 aliphatic rings. The molecule has 1 heterocycles. The van der Waals surface area contributed by atoms with Gasteiger partial charge in [-0.3, -0.25) is 9.59 Å². The van der Waals surface area contributed by atoms with Gasteiger partial charge in [0, 0.05) is 6.54 Å². The van der Waals surface area contributed by atoms with Crippen LogP contribution in [-0.2, 0) is 6.54 Å². The predicted molar refractivity (Wildman–Crippen MR) is 98.6 cm³/mol. The van der Waals surface area contributed by atoms with Crippen molar-refractivity contribution < 1.29 is 9.21 Å². The maximum Gasteiger partial charge on any atom is 0.261 e.